The van der Waals surface area contributed by atoms with Gasteiger partial charge < -0.3 is 4.74 Å². The van der Waals surface area contributed by atoms with Crippen molar-refractivity contribution in [1.82, 2.24) is 4.98 Å². The predicted octanol–water partition coefficient (Wildman–Crippen LogP) is 4.94. The smallest absolute Gasteiger partial charge is 0.129 e. The highest BCUT2D eigenvalue weighted by atomic mass is 16.5. The molecule has 2 aromatic carbocycles. The van der Waals surface area contributed by atoms with Gasteiger partial charge in [0.25, 0.3) is 0 Å². The van der Waals surface area contributed by atoms with E-state index >= 15 is 0 Å². The third kappa shape index (κ3) is 3.05. The number of pyridine rings is 1. The van der Waals surface area contributed by atoms with E-state index in [1.165, 1.54) is 5.56 Å². The van der Waals surface area contributed by atoms with Gasteiger partial charge in [0.05, 0.1) is 5.52 Å². The zero-order chi connectivity index (χ0) is 14.7. The van der Waals surface area contributed by atoms with Crippen LogP contribution in [0.2, 0.25) is 0 Å². The van der Waals surface area contributed by atoms with Crippen LogP contribution < -0.4 is 4.74 Å². The van der Waals surface area contributed by atoms with E-state index < -0.39 is 0 Å². The number of benzene rings is 2. The van der Waals surface area contributed by atoms with E-state index in [-0.39, 0.29) is 0 Å². The normalized spacial score (nSPS) is 11.0. The van der Waals surface area contributed by atoms with Crippen LogP contribution in [0.25, 0.3) is 10.9 Å². The summed E-state index contributed by atoms with van der Waals surface area (Å²) in [5.74, 6) is 1.32. The van der Waals surface area contributed by atoms with Crippen molar-refractivity contribution in [1.29, 1.82) is 0 Å². The van der Waals surface area contributed by atoms with E-state index in [1.807, 2.05) is 36.4 Å². The molecule has 0 amide bonds. The van der Waals surface area contributed by atoms with Crippen molar-refractivity contribution in [2.45, 2.75) is 26.4 Å². The highest BCUT2D eigenvalue weighted by Crippen LogP contribution is 2.26. The number of fused-ring (bicyclic) bond motifs is 1. The van der Waals surface area contributed by atoms with Gasteiger partial charge in [0, 0.05) is 11.1 Å². The Kier molecular flexibility index (Phi) is 3.87. The molecule has 0 unspecified atom stereocenters. The molecule has 0 spiro atoms. The monoisotopic (exact) mass is 277 g/mol. The Labute approximate surface area is 125 Å². The van der Waals surface area contributed by atoms with Crippen molar-refractivity contribution in [3.63, 3.8) is 0 Å². The fraction of sp³-hybridized carbons (Fsp3) is 0.211. The van der Waals surface area contributed by atoms with Crippen LogP contribution in [-0.4, -0.2) is 4.98 Å². The summed E-state index contributed by atoms with van der Waals surface area (Å²) in [7, 11) is 0. The van der Waals surface area contributed by atoms with Gasteiger partial charge in [-0.25, -0.2) is 0 Å². The maximum absolute atomic E-state index is 5.97. The van der Waals surface area contributed by atoms with Gasteiger partial charge in [-0.2, -0.15) is 0 Å². The van der Waals surface area contributed by atoms with Crippen molar-refractivity contribution in [3.8, 4) is 5.75 Å². The van der Waals surface area contributed by atoms with Crippen LogP contribution >= 0.6 is 0 Å². The van der Waals surface area contributed by atoms with Crippen LogP contribution in [0.3, 0.4) is 0 Å². The zero-order valence-electron chi connectivity index (χ0n) is 12.4. The Morgan fingerprint density at radius 3 is 2.48 bits per heavy atom. The second kappa shape index (κ2) is 5.96. The first-order chi connectivity index (χ1) is 10.2. The third-order valence-electron chi connectivity index (χ3n) is 3.54. The summed E-state index contributed by atoms with van der Waals surface area (Å²) < 4.78 is 5.97. The van der Waals surface area contributed by atoms with E-state index in [4.69, 9.17) is 9.72 Å². The SMILES string of the molecule is CC(C)c1ccc2c(OCc3ccccc3)cccc2n1. The Bertz CT molecular complexity index is 735. The van der Waals surface area contributed by atoms with Crippen LogP contribution in [-0.2, 0) is 6.61 Å². The average molecular weight is 277 g/mol. The number of rotatable bonds is 4. The molecule has 106 valence electrons. The van der Waals surface area contributed by atoms with Gasteiger partial charge in [-0.3, -0.25) is 4.98 Å². The van der Waals surface area contributed by atoms with Crippen molar-refractivity contribution in [3.05, 3.63) is 71.9 Å². The third-order valence-corrected chi connectivity index (χ3v) is 3.54. The second-order valence-corrected chi connectivity index (χ2v) is 5.49. The number of aromatic nitrogens is 1. The molecule has 1 heterocycles. The van der Waals surface area contributed by atoms with Crippen molar-refractivity contribution in [2.75, 3.05) is 0 Å². The van der Waals surface area contributed by atoms with E-state index in [1.54, 1.807) is 0 Å². The van der Waals surface area contributed by atoms with Crippen molar-refractivity contribution in [2.24, 2.45) is 0 Å². The average Bonchev–Trinajstić information content (AvgIpc) is 2.53. The Hall–Kier alpha value is -2.35. The quantitative estimate of drug-likeness (QED) is 0.674. The molecule has 0 saturated carbocycles. The lowest BCUT2D eigenvalue weighted by atomic mass is 10.1. The van der Waals surface area contributed by atoms with Crippen molar-refractivity contribution >= 4 is 10.9 Å². The molecule has 2 nitrogen and oxygen atoms in total. The molecule has 21 heavy (non-hydrogen) atoms. The fourth-order valence-corrected chi connectivity index (χ4v) is 2.33. The first kappa shape index (κ1) is 13.6. The maximum Gasteiger partial charge on any atom is 0.129 e. The van der Waals surface area contributed by atoms with E-state index in [2.05, 4.69) is 38.1 Å². The summed E-state index contributed by atoms with van der Waals surface area (Å²) in [6, 6.07) is 20.4. The summed E-state index contributed by atoms with van der Waals surface area (Å²) in [4.78, 5) is 4.71. The molecule has 2 heteroatoms. The van der Waals surface area contributed by atoms with Crippen LogP contribution in [0.15, 0.2) is 60.7 Å². The lowest BCUT2D eigenvalue weighted by molar-refractivity contribution is 0.310. The van der Waals surface area contributed by atoms with Crippen molar-refractivity contribution < 1.29 is 4.74 Å². The van der Waals surface area contributed by atoms with Gasteiger partial charge in [0.1, 0.15) is 12.4 Å². The molecule has 0 saturated heterocycles. The topological polar surface area (TPSA) is 22.1 Å². The summed E-state index contributed by atoms with van der Waals surface area (Å²) >= 11 is 0. The molecule has 0 radical (unpaired) electrons. The first-order valence-corrected chi connectivity index (χ1v) is 7.30. The van der Waals surface area contributed by atoms with Gasteiger partial charge >= 0.3 is 0 Å². The van der Waals surface area contributed by atoms with Gasteiger partial charge in [0.15, 0.2) is 0 Å². The molecule has 0 atom stereocenters. The first-order valence-electron chi connectivity index (χ1n) is 7.30. The minimum Gasteiger partial charge on any atom is -0.488 e. The lowest BCUT2D eigenvalue weighted by Gasteiger charge is -2.11. The van der Waals surface area contributed by atoms with Gasteiger partial charge in [0.2, 0.25) is 0 Å². The van der Waals surface area contributed by atoms with Crippen LogP contribution in [0.5, 0.6) is 5.75 Å². The standard InChI is InChI=1S/C19H19NO/c1-14(2)17-12-11-16-18(20-17)9-6-10-19(16)21-13-15-7-4-3-5-8-15/h3-12,14H,13H2,1-2H3. The Morgan fingerprint density at radius 1 is 0.905 bits per heavy atom. The number of hydrogen-bond donors (Lipinski definition) is 0. The summed E-state index contributed by atoms with van der Waals surface area (Å²) in [5.41, 5.74) is 3.27. The summed E-state index contributed by atoms with van der Waals surface area (Å²) in [6.07, 6.45) is 0. The Morgan fingerprint density at radius 2 is 1.71 bits per heavy atom. The Balaban J connectivity index is 1.88. The van der Waals surface area contributed by atoms with E-state index in [9.17, 15) is 0 Å². The summed E-state index contributed by atoms with van der Waals surface area (Å²) in [6.45, 7) is 4.89. The molecule has 0 aliphatic rings. The molecule has 3 aromatic rings. The molecule has 0 aliphatic carbocycles. The van der Waals surface area contributed by atoms with Crippen LogP contribution in [0.1, 0.15) is 31.0 Å². The van der Waals surface area contributed by atoms with E-state index in [0.717, 1.165) is 22.3 Å². The highest BCUT2D eigenvalue weighted by molar-refractivity contribution is 5.85. The second-order valence-electron chi connectivity index (χ2n) is 5.49. The largest absolute Gasteiger partial charge is 0.488 e. The molecular weight excluding hydrogens is 258 g/mol. The lowest BCUT2D eigenvalue weighted by Crippen LogP contribution is -1.97. The minimum absolute atomic E-state index is 0.434. The molecule has 0 N–H and O–H groups in total. The fourth-order valence-electron chi connectivity index (χ4n) is 2.33. The minimum atomic E-state index is 0.434. The predicted molar refractivity (Wildman–Crippen MR) is 86.6 cm³/mol. The summed E-state index contributed by atoms with van der Waals surface area (Å²) in [5, 5.41) is 1.07. The number of nitrogens with zero attached hydrogens (tertiary/aromatic N) is 1. The number of ether oxygens (including phenoxy) is 1. The van der Waals surface area contributed by atoms with Gasteiger partial charge in [-0.05, 0) is 35.7 Å². The zero-order valence-corrected chi connectivity index (χ0v) is 12.4. The van der Waals surface area contributed by atoms with Gasteiger partial charge in [-0.15, -0.1) is 0 Å². The molecular formula is C19H19NO. The molecule has 1 aromatic heterocycles. The highest BCUT2D eigenvalue weighted by Gasteiger charge is 2.06. The van der Waals surface area contributed by atoms with Gasteiger partial charge in [-0.1, -0.05) is 50.2 Å². The molecule has 0 fully saturated rings. The molecule has 0 aliphatic heterocycles. The van der Waals surface area contributed by atoms with Crippen LogP contribution in [0.4, 0.5) is 0 Å². The van der Waals surface area contributed by atoms with E-state index in [0.29, 0.717) is 12.5 Å². The number of hydrogen-bond acceptors (Lipinski definition) is 2. The molecule has 3 rings (SSSR count). The van der Waals surface area contributed by atoms with Crippen LogP contribution in [0, 0.1) is 0 Å². The maximum atomic E-state index is 5.97. The molecule has 0 bridgehead atoms.